The Morgan fingerprint density at radius 2 is 1.32 bits per heavy atom. The van der Waals surface area contributed by atoms with Gasteiger partial charge >= 0.3 is 125 Å². The quantitative estimate of drug-likeness (QED) is 0.112. The number of aromatic nitrogens is 5. The Bertz CT molecular complexity index is 3380. The predicted octanol–water partition coefficient (Wildman–Crippen LogP) is 15.0. The van der Waals surface area contributed by atoms with E-state index in [4.69, 9.17) is 19.4 Å². The summed E-state index contributed by atoms with van der Waals surface area (Å²) in [5.74, 6) is 8.73. The monoisotopic (exact) mass is 1130 g/mol. The summed E-state index contributed by atoms with van der Waals surface area (Å²) >= 11 is -1.83. The molecule has 0 bridgehead atoms. The molecule has 1 radical (unpaired) electrons. The van der Waals surface area contributed by atoms with Crippen molar-refractivity contribution in [2.75, 3.05) is 0 Å². The zero-order valence-corrected chi connectivity index (χ0v) is 44.7. The van der Waals surface area contributed by atoms with E-state index in [1.54, 1.807) is 9.96 Å². The first-order valence-corrected chi connectivity index (χ1v) is 31.1. The van der Waals surface area contributed by atoms with Crippen LogP contribution in [0.4, 0.5) is 0 Å². The molecule has 0 amide bonds. The molecule has 0 saturated carbocycles. The Labute approximate surface area is 417 Å². The molecule has 68 heavy (non-hydrogen) atoms. The van der Waals surface area contributed by atoms with E-state index in [0.29, 0.717) is 5.71 Å². The van der Waals surface area contributed by atoms with Gasteiger partial charge in [-0.15, -0.1) is 6.07 Å². The van der Waals surface area contributed by atoms with Gasteiger partial charge in [-0.05, 0) is 93.6 Å². The molecule has 0 N–H and O–H groups in total. The van der Waals surface area contributed by atoms with Gasteiger partial charge in [-0.25, -0.2) is 0 Å². The smallest absolute Gasteiger partial charge is 0 e. The van der Waals surface area contributed by atoms with Crippen LogP contribution in [-0.2, 0) is 32.9 Å². The second-order valence-corrected chi connectivity index (χ2v) is 30.2. The van der Waals surface area contributed by atoms with Crippen molar-refractivity contribution < 1.29 is 24.5 Å². The van der Waals surface area contributed by atoms with Crippen LogP contribution in [0.15, 0.2) is 144 Å². The van der Waals surface area contributed by atoms with Crippen molar-refractivity contribution in [2.45, 2.75) is 89.4 Å². The normalized spacial score (nSPS) is 12.6. The van der Waals surface area contributed by atoms with Gasteiger partial charge in [-0.2, -0.15) is 0 Å². The van der Waals surface area contributed by atoms with Crippen molar-refractivity contribution in [2.24, 2.45) is 0 Å². The van der Waals surface area contributed by atoms with Crippen LogP contribution in [0.2, 0.25) is 17.3 Å². The maximum absolute atomic E-state index is 6.20. The fraction of sp³-hybridized carbons (Fsp3) is 0.233. The summed E-state index contributed by atoms with van der Waals surface area (Å²) in [5, 5.41) is 1.95. The summed E-state index contributed by atoms with van der Waals surface area (Å²) in [6.45, 7) is 11.2. The van der Waals surface area contributed by atoms with Gasteiger partial charge in [0.15, 0.2) is 0 Å². The Morgan fingerprint density at radius 1 is 0.662 bits per heavy atom. The SMILES string of the molecule is Cc1cncc2nc(-c3[c-]nc4oc5ccc(-c6ccccc6)cc5c4c3)n(-c3c(C(C)C)cc(-c4ccccc4)cc3C(C)C)c12.[CH3][Ge]([CH3])([CH3])[c]1cnc(-c2[c-]cccc2)c2c1CCCC2.[Ir]. The molecule has 0 saturated heterocycles. The van der Waals surface area contributed by atoms with Gasteiger partial charge < -0.3 is 14.0 Å². The van der Waals surface area contributed by atoms with E-state index in [9.17, 15) is 0 Å². The topological polar surface area (TPSA) is 69.6 Å². The summed E-state index contributed by atoms with van der Waals surface area (Å²) in [7, 11) is 0. The molecule has 5 aromatic heterocycles. The molecule has 8 heteroatoms. The van der Waals surface area contributed by atoms with Crippen LogP contribution >= 0.6 is 0 Å². The van der Waals surface area contributed by atoms with E-state index in [1.165, 1.54) is 64.9 Å². The van der Waals surface area contributed by atoms with Crippen LogP contribution in [0.3, 0.4) is 0 Å². The first-order chi connectivity index (χ1) is 32.4. The first kappa shape index (κ1) is 47.1. The minimum absolute atomic E-state index is 0. The van der Waals surface area contributed by atoms with E-state index in [0.717, 1.165) is 61.0 Å². The molecule has 6 nitrogen and oxygen atoms in total. The van der Waals surface area contributed by atoms with Gasteiger partial charge in [0, 0.05) is 37.4 Å². The molecule has 0 unspecified atom stereocenters. The molecule has 11 rings (SSSR count). The zero-order chi connectivity index (χ0) is 46.4. The Balaban J connectivity index is 0.000000230. The second-order valence-electron chi connectivity index (χ2n) is 19.7. The molecule has 0 aliphatic heterocycles. The average Bonchev–Trinajstić information content (AvgIpc) is 3.92. The molecule has 1 aliphatic rings. The number of aryl methyl sites for hydroxylation is 1. The number of hydrogen-bond donors (Lipinski definition) is 0. The van der Waals surface area contributed by atoms with Gasteiger partial charge in [0.1, 0.15) is 11.3 Å². The second kappa shape index (κ2) is 19.6. The summed E-state index contributed by atoms with van der Waals surface area (Å²) in [6, 6.07) is 45.8. The molecule has 0 spiro atoms. The van der Waals surface area contributed by atoms with Crippen molar-refractivity contribution >= 4 is 50.8 Å². The van der Waals surface area contributed by atoms with Crippen molar-refractivity contribution in [3.63, 3.8) is 0 Å². The van der Waals surface area contributed by atoms with Crippen molar-refractivity contribution in [1.29, 1.82) is 0 Å². The van der Waals surface area contributed by atoms with Gasteiger partial charge in [0.05, 0.1) is 23.1 Å². The fourth-order valence-corrected chi connectivity index (χ4v) is 13.3. The molecule has 1 aliphatic carbocycles. The van der Waals surface area contributed by atoms with E-state index < -0.39 is 13.3 Å². The molecular formula is C60H57GeIrN5O-2. The van der Waals surface area contributed by atoms with E-state index in [2.05, 4.69) is 177 Å². The standard InChI is InChI=1S/C42H35N4O.C18H22GeN.Ir/c1-25(2)33-19-31(29-14-10-7-11-15-29)20-34(26(3)4)40(33)46-39-27(5)22-43-24-37(39)45-41(46)32-21-36-35-18-30(28-12-8-6-9-13-28)16-17-38(35)47-42(36)44-23-32;1-19(2,3)17-13-20-18(14-9-5-4-6-10-14)16-12-8-7-11-15(16)17;/h6-22,24-26H,1-5H3;4-6,9,13H,7-8,11-12H2,1-3H3;/q2*-1;. The average molecular weight is 1130 g/mol. The summed E-state index contributed by atoms with van der Waals surface area (Å²) in [6.07, 6.45) is 14.3. The van der Waals surface area contributed by atoms with Crippen molar-refractivity contribution in [3.05, 3.63) is 180 Å². The molecule has 5 aromatic carbocycles. The Morgan fingerprint density at radius 3 is 1.97 bits per heavy atom. The van der Waals surface area contributed by atoms with Crippen molar-refractivity contribution in [3.8, 4) is 50.6 Å². The summed E-state index contributed by atoms with van der Waals surface area (Å²) in [5.41, 5.74) is 19.0. The fourth-order valence-electron chi connectivity index (χ4n) is 9.91. The summed E-state index contributed by atoms with van der Waals surface area (Å²) in [4.78, 5) is 19.3. The molecular weight excluding hydrogens is 1070 g/mol. The molecule has 5 heterocycles. The minimum atomic E-state index is -1.83. The summed E-state index contributed by atoms with van der Waals surface area (Å²) < 4.78 is 10.2. The zero-order valence-electron chi connectivity index (χ0n) is 40.2. The molecule has 0 atom stereocenters. The van der Waals surface area contributed by atoms with Crippen molar-refractivity contribution in [1.82, 2.24) is 24.5 Å². The van der Waals surface area contributed by atoms with E-state index >= 15 is 0 Å². The van der Waals surface area contributed by atoms with Crippen LogP contribution in [-0.4, -0.2) is 37.8 Å². The molecule has 10 aromatic rings. The van der Waals surface area contributed by atoms with E-state index in [-0.39, 0.29) is 31.9 Å². The van der Waals surface area contributed by atoms with E-state index in [1.807, 2.05) is 36.7 Å². The minimum Gasteiger partial charge on any atom is 0 e. The third-order valence-electron chi connectivity index (χ3n) is 13.3. The molecule has 0 fully saturated rings. The Kier molecular flexibility index (Phi) is 13.5. The van der Waals surface area contributed by atoms with Gasteiger partial charge in [-0.3, -0.25) is 9.97 Å². The van der Waals surface area contributed by atoms with Gasteiger partial charge in [0.25, 0.3) is 0 Å². The van der Waals surface area contributed by atoms with Crippen LogP contribution in [0.1, 0.15) is 80.2 Å². The number of imidazole rings is 1. The number of benzene rings is 5. The van der Waals surface area contributed by atoms with Crippen LogP contribution in [0.5, 0.6) is 0 Å². The van der Waals surface area contributed by atoms with Crippen LogP contribution < -0.4 is 4.40 Å². The number of rotatable bonds is 8. The van der Waals surface area contributed by atoms with Gasteiger partial charge in [0.2, 0.25) is 0 Å². The van der Waals surface area contributed by atoms with Crippen LogP contribution in [0.25, 0.3) is 83.7 Å². The number of pyridine rings is 3. The third-order valence-corrected chi connectivity index (χ3v) is 17.6. The maximum atomic E-state index is 6.20. The number of furan rings is 1. The number of nitrogens with zero attached hydrogens (tertiary/aromatic N) is 5. The van der Waals surface area contributed by atoms with Gasteiger partial charge in [-0.1, -0.05) is 100.0 Å². The predicted molar refractivity (Wildman–Crippen MR) is 280 cm³/mol. The third kappa shape index (κ3) is 9.04. The molecule has 343 valence electrons. The largest absolute Gasteiger partial charge is 0 e. The maximum Gasteiger partial charge on any atom is 0 e. The number of fused-ring (bicyclic) bond motifs is 5. The van der Waals surface area contributed by atoms with Crippen LogP contribution in [0, 0.1) is 19.2 Å². The number of hydrogen-bond acceptors (Lipinski definition) is 5. The first-order valence-electron chi connectivity index (χ1n) is 23.8. The Hall–Kier alpha value is -5.99.